The lowest BCUT2D eigenvalue weighted by molar-refractivity contribution is 0.0691. The Morgan fingerprint density at radius 1 is 1.50 bits per heavy atom. The fraction of sp³-hybridized carbons (Fsp3) is 0.533. The van der Waals surface area contributed by atoms with Crippen LogP contribution in [0.2, 0.25) is 0 Å². The van der Waals surface area contributed by atoms with Crippen molar-refractivity contribution in [3.8, 4) is 0 Å². The van der Waals surface area contributed by atoms with Gasteiger partial charge in [-0.15, -0.1) is 0 Å². The van der Waals surface area contributed by atoms with Crippen LogP contribution in [0.5, 0.6) is 0 Å². The van der Waals surface area contributed by atoms with Gasteiger partial charge in [0, 0.05) is 12.5 Å². The first kappa shape index (κ1) is 14.5. The zero-order valence-electron chi connectivity index (χ0n) is 12.0. The van der Waals surface area contributed by atoms with Gasteiger partial charge in [0.1, 0.15) is 5.82 Å². The molecule has 5 nitrogen and oxygen atoms in total. The first-order chi connectivity index (χ1) is 9.58. The molecule has 0 aliphatic heterocycles. The lowest BCUT2D eigenvalue weighted by Gasteiger charge is -2.19. The summed E-state index contributed by atoms with van der Waals surface area (Å²) in [4.78, 5) is 19.7. The zero-order valence-corrected chi connectivity index (χ0v) is 12.0. The molecular formula is C15H21N3O2. The van der Waals surface area contributed by atoms with Crippen molar-refractivity contribution >= 4 is 11.7 Å². The van der Waals surface area contributed by atoms with Crippen molar-refractivity contribution in [1.82, 2.24) is 9.97 Å². The van der Waals surface area contributed by atoms with Crippen LogP contribution in [-0.4, -0.2) is 27.6 Å². The highest BCUT2D eigenvalue weighted by Gasteiger charge is 2.17. The van der Waals surface area contributed by atoms with Crippen LogP contribution in [0.15, 0.2) is 18.3 Å². The predicted molar refractivity (Wildman–Crippen MR) is 78.1 cm³/mol. The molecule has 1 aromatic rings. The third-order valence-electron chi connectivity index (χ3n) is 3.49. The molecule has 0 saturated heterocycles. The Morgan fingerprint density at radius 2 is 2.30 bits per heavy atom. The molecule has 1 aromatic heterocycles. The van der Waals surface area contributed by atoms with Gasteiger partial charge in [-0.25, -0.2) is 14.8 Å². The number of aromatic nitrogens is 2. The van der Waals surface area contributed by atoms with Crippen LogP contribution in [0.1, 0.15) is 55.3 Å². The molecular weight excluding hydrogens is 254 g/mol. The van der Waals surface area contributed by atoms with Gasteiger partial charge in [0.25, 0.3) is 0 Å². The number of carboxylic acids is 1. The zero-order chi connectivity index (χ0) is 14.5. The lowest BCUT2D eigenvalue weighted by atomic mass is 9.94. The molecule has 0 radical (unpaired) electrons. The summed E-state index contributed by atoms with van der Waals surface area (Å²) >= 11 is 0. The summed E-state index contributed by atoms with van der Waals surface area (Å²) in [7, 11) is 0. The summed E-state index contributed by atoms with van der Waals surface area (Å²) in [6, 6.07) is 0. The minimum absolute atomic E-state index is 0.0649. The number of allylic oxidation sites excluding steroid dienone is 2. The van der Waals surface area contributed by atoms with Crippen LogP contribution in [-0.2, 0) is 0 Å². The van der Waals surface area contributed by atoms with E-state index in [9.17, 15) is 9.90 Å². The number of nitrogens with one attached hydrogen (secondary N) is 1. The number of anilines is 1. The Balaban J connectivity index is 2.10. The highest BCUT2D eigenvalue weighted by Crippen LogP contribution is 2.21. The van der Waals surface area contributed by atoms with E-state index in [1.54, 1.807) is 6.20 Å². The molecule has 0 fully saturated rings. The molecule has 0 saturated carbocycles. The smallest absolute Gasteiger partial charge is 0.356 e. The topological polar surface area (TPSA) is 75.1 Å². The highest BCUT2D eigenvalue weighted by atomic mass is 16.4. The molecule has 0 bridgehead atoms. The normalized spacial score (nSPS) is 18.2. The number of carboxylic acid groups (broad SMARTS) is 1. The molecule has 2 N–H and O–H groups in total. The summed E-state index contributed by atoms with van der Waals surface area (Å²) in [5.74, 6) is 0.214. The van der Waals surface area contributed by atoms with Gasteiger partial charge < -0.3 is 10.4 Å². The quantitative estimate of drug-likeness (QED) is 0.808. The Kier molecular flexibility index (Phi) is 4.71. The number of nitrogens with zero attached hydrogens (tertiary/aromatic N) is 2. The maximum atomic E-state index is 11.3. The number of aromatic carboxylic acids is 1. The van der Waals surface area contributed by atoms with Gasteiger partial charge >= 0.3 is 5.97 Å². The lowest BCUT2D eigenvalue weighted by Crippen LogP contribution is -2.18. The molecule has 5 heteroatoms. The van der Waals surface area contributed by atoms with E-state index in [2.05, 4.69) is 27.4 Å². The molecule has 1 unspecified atom stereocenters. The van der Waals surface area contributed by atoms with Gasteiger partial charge in [0.05, 0.1) is 11.9 Å². The Morgan fingerprint density at radius 3 is 2.90 bits per heavy atom. The monoisotopic (exact) mass is 275 g/mol. The second-order valence-corrected chi connectivity index (χ2v) is 5.48. The van der Waals surface area contributed by atoms with Crippen molar-refractivity contribution in [2.75, 3.05) is 11.9 Å². The van der Waals surface area contributed by atoms with Crippen LogP contribution >= 0.6 is 0 Å². The van der Waals surface area contributed by atoms with E-state index in [-0.39, 0.29) is 11.6 Å². The maximum absolute atomic E-state index is 11.3. The maximum Gasteiger partial charge on any atom is 0.356 e. The van der Waals surface area contributed by atoms with E-state index in [4.69, 9.17) is 0 Å². The minimum Gasteiger partial charge on any atom is -0.476 e. The summed E-state index contributed by atoms with van der Waals surface area (Å²) in [5, 5.41) is 12.5. The SMILES string of the molecule is CC(C)c1ncc(NCC2CC=CCC2)c(C(=O)O)n1. The van der Waals surface area contributed by atoms with Gasteiger partial charge in [-0.05, 0) is 25.2 Å². The van der Waals surface area contributed by atoms with Crippen LogP contribution in [0, 0.1) is 5.92 Å². The Hall–Kier alpha value is -1.91. The first-order valence-electron chi connectivity index (χ1n) is 7.07. The fourth-order valence-corrected chi connectivity index (χ4v) is 2.26. The number of carbonyl (C=O) groups is 1. The Bertz CT molecular complexity index is 512. The third-order valence-corrected chi connectivity index (χ3v) is 3.49. The molecule has 0 aromatic carbocycles. The van der Waals surface area contributed by atoms with Crippen molar-refractivity contribution in [3.05, 3.63) is 29.9 Å². The van der Waals surface area contributed by atoms with E-state index in [0.717, 1.165) is 25.8 Å². The van der Waals surface area contributed by atoms with Crippen molar-refractivity contribution in [3.63, 3.8) is 0 Å². The minimum atomic E-state index is -1.01. The molecule has 0 amide bonds. The van der Waals surface area contributed by atoms with Crippen molar-refractivity contribution in [2.24, 2.45) is 5.92 Å². The molecule has 1 aliphatic rings. The van der Waals surface area contributed by atoms with E-state index in [0.29, 0.717) is 17.4 Å². The second-order valence-electron chi connectivity index (χ2n) is 5.48. The van der Waals surface area contributed by atoms with Gasteiger partial charge in [0.2, 0.25) is 0 Å². The highest BCUT2D eigenvalue weighted by molar-refractivity contribution is 5.91. The van der Waals surface area contributed by atoms with Crippen molar-refractivity contribution in [2.45, 2.75) is 39.0 Å². The van der Waals surface area contributed by atoms with Crippen molar-refractivity contribution < 1.29 is 9.90 Å². The van der Waals surface area contributed by atoms with E-state index in [1.165, 1.54) is 0 Å². The van der Waals surface area contributed by atoms with Gasteiger partial charge in [-0.2, -0.15) is 0 Å². The van der Waals surface area contributed by atoms with E-state index in [1.807, 2.05) is 13.8 Å². The summed E-state index contributed by atoms with van der Waals surface area (Å²) in [6.45, 7) is 4.65. The van der Waals surface area contributed by atoms with Crippen LogP contribution in [0.3, 0.4) is 0 Å². The van der Waals surface area contributed by atoms with Gasteiger partial charge in [-0.3, -0.25) is 0 Å². The molecule has 1 aliphatic carbocycles. The van der Waals surface area contributed by atoms with Gasteiger partial charge in [-0.1, -0.05) is 26.0 Å². The number of hydrogen-bond donors (Lipinski definition) is 2. The van der Waals surface area contributed by atoms with E-state index >= 15 is 0 Å². The molecule has 20 heavy (non-hydrogen) atoms. The molecule has 2 rings (SSSR count). The average Bonchev–Trinajstić information content (AvgIpc) is 2.45. The number of hydrogen-bond acceptors (Lipinski definition) is 4. The summed E-state index contributed by atoms with van der Waals surface area (Å²) in [5.41, 5.74) is 0.575. The fourth-order valence-electron chi connectivity index (χ4n) is 2.26. The number of rotatable bonds is 5. The third kappa shape index (κ3) is 3.56. The van der Waals surface area contributed by atoms with Crippen LogP contribution in [0.4, 0.5) is 5.69 Å². The van der Waals surface area contributed by atoms with Gasteiger partial charge in [0.15, 0.2) is 5.69 Å². The van der Waals surface area contributed by atoms with Crippen molar-refractivity contribution in [1.29, 1.82) is 0 Å². The van der Waals surface area contributed by atoms with E-state index < -0.39 is 5.97 Å². The van der Waals surface area contributed by atoms with Crippen LogP contribution < -0.4 is 5.32 Å². The summed E-state index contributed by atoms with van der Waals surface area (Å²) in [6.07, 6.45) is 9.24. The summed E-state index contributed by atoms with van der Waals surface area (Å²) < 4.78 is 0. The largest absolute Gasteiger partial charge is 0.476 e. The van der Waals surface area contributed by atoms with Crippen LogP contribution in [0.25, 0.3) is 0 Å². The first-order valence-corrected chi connectivity index (χ1v) is 7.07. The molecule has 1 heterocycles. The average molecular weight is 275 g/mol. The second kappa shape index (κ2) is 6.50. The molecule has 1 atom stereocenters. The predicted octanol–water partition coefficient (Wildman–Crippen LogP) is 3.07. The molecule has 108 valence electrons. The standard InChI is InChI=1S/C15H21N3O2/c1-10(2)14-17-9-12(13(18-14)15(19)20)16-8-11-6-4-3-5-7-11/h3-4,9-11,16H,5-8H2,1-2H3,(H,19,20). The Labute approximate surface area is 119 Å². The molecule has 0 spiro atoms.